The number of halogens is 2. The van der Waals surface area contributed by atoms with Crippen LogP contribution in [-0.2, 0) is 9.53 Å². The number of amides is 1. The molecule has 1 fully saturated rings. The van der Waals surface area contributed by atoms with Gasteiger partial charge in [0.1, 0.15) is 0 Å². The normalized spacial score (nSPS) is 17.9. The number of ether oxygens (including phenoxy) is 1. The number of nitrogens with zero attached hydrogens (tertiary/aromatic N) is 1. The summed E-state index contributed by atoms with van der Waals surface area (Å²) < 4.78 is 5.63. The summed E-state index contributed by atoms with van der Waals surface area (Å²) in [6, 6.07) is 5.18. The second kappa shape index (κ2) is 8.88. The van der Waals surface area contributed by atoms with E-state index in [1.807, 2.05) is 19.9 Å². The molecule has 1 aliphatic rings. The summed E-state index contributed by atoms with van der Waals surface area (Å²) in [6.07, 6.45) is 2.31. The highest BCUT2D eigenvalue weighted by atomic mass is 35.5. The Kier molecular flexibility index (Phi) is 7.15. The zero-order valence-electron chi connectivity index (χ0n) is 13.6. The first-order valence-electron chi connectivity index (χ1n) is 8.08. The second-order valence-corrected chi connectivity index (χ2v) is 6.73. The second-order valence-electron chi connectivity index (χ2n) is 5.89. The smallest absolute Gasteiger partial charge is 0.234 e. The fourth-order valence-corrected chi connectivity index (χ4v) is 3.46. The number of nitrogens with one attached hydrogen (secondary N) is 1. The van der Waals surface area contributed by atoms with Crippen molar-refractivity contribution < 1.29 is 9.53 Å². The van der Waals surface area contributed by atoms with Gasteiger partial charge in [0.25, 0.3) is 0 Å². The van der Waals surface area contributed by atoms with Crippen LogP contribution in [0.1, 0.15) is 38.3 Å². The molecule has 0 spiro atoms. The highest BCUT2D eigenvalue weighted by Gasteiger charge is 2.21. The predicted molar refractivity (Wildman–Crippen MR) is 94.1 cm³/mol. The van der Waals surface area contributed by atoms with Crippen molar-refractivity contribution in [1.82, 2.24) is 10.2 Å². The minimum Gasteiger partial charge on any atom is -0.378 e. The summed E-state index contributed by atoms with van der Waals surface area (Å²) in [6.45, 7) is 6.90. The van der Waals surface area contributed by atoms with Gasteiger partial charge in [0.05, 0.1) is 18.7 Å². The van der Waals surface area contributed by atoms with Crippen LogP contribution in [0.25, 0.3) is 0 Å². The predicted octanol–water partition coefficient (Wildman–Crippen LogP) is 3.67. The van der Waals surface area contributed by atoms with Crippen molar-refractivity contribution in [2.45, 2.75) is 38.8 Å². The molecule has 2 rings (SSSR count). The summed E-state index contributed by atoms with van der Waals surface area (Å²) >= 11 is 12.1. The van der Waals surface area contributed by atoms with Crippen molar-refractivity contribution in [2.75, 3.05) is 26.2 Å². The van der Waals surface area contributed by atoms with Crippen LogP contribution in [0.4, 0.5) is 0 Å². The minimum atomic E-state index is -0.145. The summed E-state index contributed by atoms with van der Waals surface area (Å²) in [5.74, 6) is 0.0124. The zero-order valence-corrected chi connectivity index (χ0v) is 15.2. The lowest BCUT2D eigenvalue weighted by atomic mass is 10.1. The largest absolute Gasteiger partial charge is 0.378 e. The number of rotatable bonds is 6. The van der Waals surface area contributed by atoms with Crippen LogP contribution in [0.5, 0.6) is 0 Å². The van der Waals surface area contributed by atoms with Crippen LogP contribution in [0.2, 0.25) is 10.0 Å². The average Bonchev–Trinajstić information content (AvgIpc) is 2.49. The van der Waals surface area contributed by atoms with Crippen LogP contribution in [0.3, 0.4) is 0 Å². The van der Waals surface area contributed by atoms with Gasteiger partial charge in [-0.3, -0.25) is 9.69 Å². The van der Waals surface area contributed by atoms with Crippen molar-refractivity contribution in [1.29, 1.82) is 0 Å². The van der Waals surface area contributed by atoms with Crippen LogP contribution >= 0.6 is 23.2 Å². The highest BCUT2D eigenvalue weighted by Crippen LogP contribution is 2.26. The molecule has 4 nitrogen and oxygen atoms in total. The summed E-state index contributed by atoms with van der Waals surface area (Å²) in [4.78, 5) is 14.4. The molecule has 1 N–H and O–H groups in total. The first-order chi connectivity index (χ1) is 11.0. The SMILES string of the molecule is CCOC1CCN(CC(=O)NC(C)c2ccc(Cl)cc2Cl)CC1. The molecule has 0 radical (unpaired) electrons. The maximum Gasteiger partial charge on any atom is 0.234 e. The van der Waals surface area contributed by atoms with Gasteiger partial charge < -0.3 is 10.1 Å². The molecule has 1 aromatic rings. The first-order valence-corrected chi connectivity index (χ1v) is 8.83. The van der Waals surface area contributed by atoms with E-state index < -0.39 is 0 Å². The standard InChI is InChI=1S/C17H24Cl2N2O2/c1-3-23-14-6-8-21(9-7-14)11-17(22)20-12(2)15-5-4-13(18)10-16(15)19/h4-5,10,12,14H,3,6-9,11H2,1-2H3,(H,20,22). The Morgan fingerprint density at radius 2 is 2.09 bits per heavy atom. The zero-order chi connectivity index (χ0) is 16.8. The minimum absolute atomic E-state index is 0.0124. The monoisotopic (exact) mass is 358 g/mol. The third-order valence-corrected chi connectivity index (χ3v) is 4.67. The highest BCUT2D eigenvalue weighted by molar-refractivity contribution is 6.35. The Labute approximate surface area is 148 Å². The summed E-state index contributed by atoms with van der Waals surface area (Å²) in [5, 5.41) is 4.16. The number of carbonyl (C=O) groups is 1. The molecule has 128 valence electrons. The van der Waals surface area contributed by atoms with E-state index >= 15 is 0 Å². The fourth-order valence-electron chi connectivity index (χ4n) is 2.89. The number of piperidine rings is 1. The van der Waals surface area contributed by atoms with Gasteiger partial charge in [-0.25, -0.2) is 0 Å². The van der Waals surface area contributed by atoms with Crippen molar-refractivity contribution >= 4 is 29.1 Å². The molecule has 0 bridgehead atoms. The van der Waals surface area contributed by atoms with Gasteiger partial charge in [-0.2, -0.15) is 0 Å². The number of likely N-dealkylation sites (tertiary alicyclic amines) is 1. The molecule has 1 atom stereocenters. The summed E-state index contributed by atoms with van der Waals surface area (Å²) in [5.41, 5.74) is 0.875. The third-order valence-electron chi connectivity index (χ3n) is 4.11. The van der Waals surface area contributed by atoms with Gasteiger partial charge in [-0.05, 0) is 44.4 Å². The van der Waals surface area contributed by atoms with E-state index in [9.17, 15) is 4.79 Å². The Morgan fingerprint density at radius 1 is 1.39 bits per heavy atom. The number of hydrogen-bond donors (Lipinski definition) is 1. The molecule has 23 heavy (non-hydrogen) atoms. The van der Waals surface area contributed by atoms with Gasteiger partial charge in [-0.1, -0.05) is 29.3 Å². The Balaban J connectivity index is 1.80. The Morgan fingerprint density at radius 3 is 2.70 bits per heavy atom. The molecule has 1 aliphatic heterocycles. The lowest BCUT2D eigenvalue weighted by Crippen LogP contribution is -2.43. The molecule has 0 aromatic heterocycles. The van der Waals surface area contributed by atoms with E-state index in [-0.39, 0.29) is 11.9 Å². The maximum absolute atomic E-state index is 12.2. The number of hydrogen-bond acceptors (Lipinski definition) is 3. The van der Waals surface area contributed by atoms with E-state index in [4.69, 9.17) is 27.9 Å². The van der Waals surface area contributed by atoms with E-state index in [1.54, 1.807) is 12.1 Å². The van der Waals surface area contributed by atoms with Gasteiger partial charge >= 0.3 is 0 Å². The van der Waals surface area contributed by atoms with Crippen molar-refractivity contribution in [3.63, 3.8) is 0 Å². The van der Waals surface area contributed by atoms with E-state index in [0.717, 1.165) is 38.1 Å². The first kappa shape index (κ1) is 18.5. The lowest BCUT2D eigenvalue weighted by Gasteiger charge is -2.31. The van der Waals surface area contributed by atoms with Crippen molar-refractivity contribution in [3.05, 3.63) is 33.8 Å². The molecule has 1 amide bonds. The Bertz CT molecular complexity index is 531. The van der Waals surface area contributed by atoms with E-state index in [2.05, 4.69) is 10.2 Å². The van der Waals surface area contributed by atoms with Crippen LogP contribution < -0.4 is 5.32 Å². The van der Waals surface area contributed by atoms with Gasteiger partial charge in [0.2, 0.25) is 5.91 Å². The molecular formula is C17H24Cl2N2O2. The molecule has 0 saturated carbocycles. The van der Waals surface area contributed by atoms with E-state index in [0.29, 0.717) is 22.7 Å². The van der Waals surface area contributed by atoms with Gasteiger partial charge in [-0.15, -0.1) is 0 Å². The molecule has 1 heterocycles. The molecule has 1 unspecified atom stereocenters. The van der Waals surface area contributed by atoms with E-state index in [1.165, 1.54) is 0 Å². The third kappa shape index (κ3) is 5.64. The average molecular weight is 359 g/mol. The molecule has 1 aromatic carbocycles. The van der Waals surface area contributed by atoms with Crippen LogP contribution in [-0.4, -0.2) is 43.2 Å². The molecule has 0 aliphatic carbocycles. The Hall–Kier alpha value is -0.810. The quantitative estimate of drug-likeness (QED) is 0.843. The topological polar surface area (TPSA) is 41.6 Å². The lowest BCUT2D eigenvalue weighted by molar-refractivity contribution is -0.123. The van der Waals surface area contributed by atoms with Gasteiger partial charge in [0, 0.05) is 29.7 Å². The fraction of sp³-hybridized carbons (Fsp3) is 0.588. The molecule has 1 saturated heterocycles. The number of benzene rings is 1. The van der Waals surface area contributed by atoms with Gasteiger partial charge in [0.15, 0.2) is 0 Å². The van der Waals surface area contributed by atoms with Crippen molar-refractivity contribution in [3.8, 4) is 0 Å². The van der Waals surface area contributed by atoms with Crippen LogP contribution in [0.15, 0.2) is 18.2 Å². The van der Waals surface area contributed by atoms with Crippen LogP contribution in [0, 0.1) is 0 Å². The summed E-state index contributed by atoms with van der Waals surface area (Å²) in [7, 11) is 0. The maximum atomic E-state index is 12.2. The number of carbonyl (C=O) groups excluding carboxylic acids is 1. The van der Waals surface area contributed by atoms with Crippen molar-refractivity contribution in [2.24, 2.45) is 0 Å². The molecule has 6 heteroatoms. The molecular weight excluding hydrogens is 335 g/mol.